The Bertz CT molecular complexity index is 587. The number of rotatable bonds is 4. The van der Waals surface area contributed by atoms with Crippen LogP contribution >= 0.6 is 27.7 Å². The Hall–Kier alpha value is -1.06. The summed E-state index contributed by atoms with van der Waals surface area (Å²) in [6.07, 6.45) is 0.864. The SMILES string of the molecule is Cc1cc(C)cc(CSc2ccc(C=O)c(Br)c2)c1. The van der Waals surface area contributed by atoms with Crippen molar-refractivity contribution in [2.75, 3.05) is 0 Å². The molecule has 2 aromatic carbocycles. The summed E-state index contributed by atoms with van der Waals surface area (Å²) in [5.41, 5.74) is 4.62. The van der Waals surface area contributed by atoms with Gasteiger partial charge in [-0.1, -0.05) is 45.3 Å². The first-order valence-corrected chi connectivity index (χ1v) is 7.81. The topological polar surface area (TPSA) is 17.1 Å². The second kappa shape index (κ2) is 6.40. The van der Waals surface area contributed by atoms with E-state index in [0.29, 0.717) is 5.56 Å². The molecular formula is C16H15BrOS. The molecule has 0 amide bonds. The highest BCUT2D eigenvalue weighted by atomic mass is 79.9. The minimum Gasteiger partial charge on any atom is -0.298 e. The second-order valence-corrected chi connectivity index (χ2v) is 6.49. The van der Waals surface area contributed by atoms with Gasteiger partial charge in [-0.2, -0.15) is 0 Å². The third-order valence-corrected chi connectivity index (χ3v) is 4.54. The van der Waals surface area contributed by atoms with Crippen molar-refractivity contribution in [2.45, 2.75) is 24.5 Å². The largest absolute Gasteiger partial charge is 0.298 e. The summed E-state index contributed by atoms with van der Waals surface area (Å²) in [6, 6.07) is 12.5. The standard InChI is InChI=1S/C16H15BrOS/c1-11-5-12(2)7-13(6-11)10-19-15-4-3-14(9-18)16(17)8-15/h3-9H,10H2,1-2H3. The molecule has 0 aromatic heterocycles. The fraction of sp³-hybridized carbons (Fsp3) is 0.188. The van der Waals surface area contributed by atoms with Crippen molar-refractivity contribution in [3.63, 3.8) is 0 Å². The maximum absolute atomic E-state index is 10.8. The van der Waals surface area contributed by atoms with Crippen LogP contribution in [-0.4, -0.2) is 6.29 Å². The molecule has 0 atom stereocenters. The van der Waals surface area contributed by atoms with Gasteiger partial charge in [0.15, 0.2) is 6.29 Å². The zero-order chi connectivity index (χ0) is 13.8. The first kappa shape index (κ1) is 14.4. The number of carbonyl (C=O) groups excluding carboxylic acids is 1. The predicted octanol–water partition coefficient (Wildman–Crippen LogP) is 5.17. The van der Waals surface area contributed by atoms with Crippen LogP contribution in [0.15, 0.2) is 45.8 Å². The van der Waals surface area contributed by atoms with Crippen molar-refractivity contribution in [3.8, 4) is 0 Å². The lowest BCUT2D eigenvalue weighted by Crippen LogP contribution is -1.86. The van der Waals surface area contributed by atoms with E-state index in [9.17, 15) is 4.79 Å². The Kier molecular flexibility index (Phi) is 4.83. The number of carbonyl (C=O) groups is 1. The lowest BCUT2D eigenvalue weighted by Gasteiger charge is -2.06. The number of hydrogen-bond donors (Lipinski definition) is 0. The molecule has 0 aliphatic rings. The number of thioether (sulfide) groups is 1. The van der Waals surface area contributed by atoms with Crippen molar-refractivity contribution in [2.24, 2.45) is 0 Å². The zero-order valence-electron chi connectivity index (χ0n) is 10.9. The number of aldehydes is 1. The summed E-state index contributed by atoms with van der Waals surface area (Å²) in [5.74, 6) is 0.940. The maximum Gasteiger partial charge on any atom is 0.151 e. The quantitative estimate of drug-likeness (QED) is 0.566. The van der Waals surface area contributed by atoms with Crippen LogP contribution < -0.4 is 0 Å². The van der Waals surface area contributed by atoms with Crippen molar-refractivity contribution in [1.82, 2.24) is 0 Å². The van der Waals surface area contributed by atoms with Crippen LogP contribution in [0.3, 0.4) is 0 Å². The van der Waals surface area contributed by atoms with Crippen LogP contribution in [0.4, 0.5) is 0 Å². The van der Waals surface area contributed by atoms with E-state index in [1.807, 2.05) is 18.2 Å². The van der Waals surface area contributed by atoms with Gasteiger partial charge in [0.1, 0.15) is 0 Å². The van der Waals surface area contributed by atoms with Crippen LogP contribution in [0.5, 0.6) is 0 Å². The highest BCUT2D eigenvalue weighted by Gasteiger charge is 2.02. The minimum absolute atomic E-state index is 0.691. The van der Waals surface area contributed by atoms with E-state index >= 15 is 0 Å². The molecule has 0 spiro atoms. The molecule has 0 heterocycles. The fourth-order valence-electron chi connectivity index (χ4n) is 2.01. The molecule has 19 heavy (non-hydrogen) atoms. The zero-order valence-corrected chi connectivity index (χ0v) is 13.3. The van der Waals surface area contributed by atoms with E-state index in [2.05, 4.69) is 48.0 Å². The summed E-state index contributed by atoms with van der Waals surface area (Å²) in [7, 11) is 0. The summed E-state index contributed by atoms with van der Waals surface area (Å²) in [5, 5.41) is 0. The average molecular weight is 335 g/mol. The van der Waals surface area contributed by atoms with Gasteiger partial charge in [0.2, 0.25) is 0 Å². The predicted molar refractivity (Wildman–Crippen MR) is 85.0 cm³/mol. The lowest BCUT2D eigenvalue weighted by molar-refractivity contribution is 0.112. The molecule has 0 saturated carbocycles. The molecule has 0 bridgehead atoms. The van der Waals surface area contributed by atoms with Gasteiger partial charge in [0.25, 0.3) is 0 Å². The molecule has 3 heteroatoms. The molecule has 0 fully saturated rings. The van der Waals surface area contributed by atoms with Crippen LogP contribution in [0.25, 0.3) is 0 Å². The molecule has 0 aliphatic heterocycles. The summed E-state index contributed by atoms with van der Waals surface area (Å²) in [6.45, 7) is 4.24. The molecule has 0 saturated heterocycles. The normalized spacial score (nSPS) is 10.5. The number of hydrogen-bond acceptors (Lipinski definition) is 2. The van der Waals surface area contributed by atoms with Gasteiger partial charge in [-0.05, 0) is 37.6 Å². The van der Waals surface area contributed by atoms with E-state index in [1.54, 1.807) is 11.8 Å². The average Bonchev–Trinajstić information content (AvgIpc) is 2.35. The van der Waals surface area contributed by atoms with Crippen LogP contribution in [0.1, 0.15) is 27.0 Å². The van der Waals surface area contributed by atoms with Gasteiger partial charge < -0.3 is 0 Å². The third kappa shape index (κ3) is 3.95. The second-order valence-electron chi connectivity index (χ2n) is 4.59. The Balaban J connectivity index is 2.10. The Morgan fingerprint density at radius 3 is 2.37 bits per heavy atom. The molecule has 0 N–H and O–H groups in total. The van der Waals surface area contributed by atoms with Crippen molar-refractivity contribution in [3.05, 3.63) is 63.1 Å². The van der Waals surface area contributed by atoms with Gasteiger partial charge >= 0.3 is 0 Å². The Labute approximate surface area is 126 Å². The van der Waals surface area contributed by atoms with Gasteiger partial charge in [0, 0.05) is 20.7 Å². The summed E-state index contributed by atoms with van der Waals surface area (Å²) in [4.78, 5) is 11.9. The molecule has 0 aliphatic carbocycles. The smallest absolute Gasteiger partial charge is 0.151 e. The molecule has 1 nitrogen and oxygen atoms in total. The number of aryl methyl sites for hydroxylation is 2. The monoisotopic (exact) mass is 334 g/mol. The van der Waals surface area contributed by atoms with E-state index in [0.717, 1.165) is 21.4 Å². The molecular weight excluding hydrogens is 320 g/mol. The minimum atomic E-state index is 0.691. The molecule has 0 unspecified atom stereocenters. The lowest BCUT2D eigenvalue weighted by atomic mass is 10.1. The first-order valence-electron chi connectivity index (χ1n) is 6.03. The Morgan fingerprint density at radius 1 is 1.11 bits per heavy atom. The molecule has 0 radical (unpaired) electrons. The van der Waals surface area contributed by atoms with E-state index in [4.69, 9.17) is 0 Å². The summed E-state index contributed by atoms with van der Waals surface area (Å²) >= 11 is 5.19. The van der Waals surface area contributed by atoms with E-state index < -0.39 is 0 Å². The molecule has 98 valence electrons. The fourth-order valence-corrected chi connectivity index (χ4v) is 3.50. The maximum atomic E-state index is 10.8. The van der Waals surface area contributed by atoms with E-state index in [-0.39, 0.29) is 0 Å². The van der Waals surface area contributed by atoms with Crippen molar-refractivity contribution < 1.29 is 4.79 Å². The first-order chi connectivity index (χ1) is 9.08. The molecule has 2 rings (SSSR count). The van der Waals surface area contributed by atoms with Gasteiger partial charge in [0.05, 0.1) is 0 Å². The van der Waals surface area contributed by atoms with Crippen LogP contribution in [0, 0.1) is 13.8 Å². The third-order valence-electron chi connectivity index (χ3n) is 2.79. The summed E-state index contributed by atoms with van der Waals surface area (Å²) < 4.78 is 0.855. The van der Waals surface area contributed by atoms with Crippen molar-refractivity contribution in [1.29, 1.82) is 0 Å². The highest BCUT2D eigenvalue weighted by Crippen LogP contribution is 2.27. The number of halogens is 1. The van der Waals surface area contributed by atoms with Gasteiger partial charge in [-0.25, -0.2) is 0 Å². The Morgan fingerprint density at radius 2 is 1.79 bits per heavy atom. The van der Waals surface area contributed by atoms with Crippen LogP contribution in [0.2, 0.25) is 0 Å². The molecule has 2 aromatic rings. The van der Waals surface area contributed by atoms with Crippen molar-refractivity contribution >= 4 is 34.0 Å². The highest BCUT2D eigenvalue weighted by molar-refractivity contribution is 9.10. The van der Waals surface area contributed by atoms with Gasteiger partial charge in [-0.3, -0.25) is 4.79 Å². The van der Waals surface area contributed by atoms with Crippen LogP contribution in [-0.2, 0) is 5.75 Å². The van der Waals surface area contributed by atoms with E-state index in [1.165, 1.54) is 16.7 Å². The van der Waals surface area contributed by atoms with Gasteiger partial charge in [-0.15, -0.1) is 11.8 Å². The number of benzene rings is 2.